The van der Waals surface area contributed by atoms with Crippen LogP contribution in [0, 0.1) is 3.57 Å². The lowest BCUT2D eigenvalue weighted by molar-refractivity contribution is 0.318. The van der Waals surface area contributed by atoms with Crippen LogP contribution in [0.5, 0.6) is 0 Å². The molecule has 3 aromatic rings. The zero-order chi connectivity index (χ0) is 15.6. The summed E-state index contributed by atoms with van der Waals surface area (Å²) in [5.41, 5.74) is 3.67. The van der Waals surface area contributed by atoms with E-state index in [1.54, 1.807) is 0 Å². The molecule has 1 fully saturated rings. The predicted octanol–water partition coefficient (Wildman–Crippen LogP) is 5.13. The number of hydrogen-bond donors (Lipinski definition) is 0. The minimum Gasteiger partial charge on any atom is -0.322 e. The highest BCUT2D eigenvalue weighted by Crippen LogP contribution is 2.21. The van der Waals surface area contributed by atoms with Crippen molar-refractivity contribution in [3.8, 4) is 0 Å². The zero-order valence-corrected chi connectivity index (χ0v) is 17.7. The molecule has 1 aliphatic heterocycles. The van der Waals surface area contributed by atoms with Gasteiger partial charge in [-0.15, -0.1) is 24.8 Å². The third-order valence-electron chi connectivity index (χ3n) is 4.55. The first-order valence-electron chi connectivity index (χ1n) is 8.20. The average Bonchev–Trinajstić information content (AvgIpc) is 3.19. The molecule has 0 N–H and O–H groups in total. The number of fused-ring (bicyclic) bond motifs is 1. The maximum Gasteiger partial charge on any atom is 0.124 e. The number of hydrogen-bond acceptors (Lipinski definition) is 2. The molecule has 0 amide bonds. The van der Waals surface area contributed by atoms with Crippen molar-refractivity contribution in [1.82, 2.24) is 14.5 Å². The molecule has 2 heterocycles. The van der Waals surface area contributed by atoms with Gasteiger partial charge in [0.2, 0.25) is 0 Å². The molecule has 0 unspecified atom stereocenters. The molecule has 1 aliphatic rings. The van der Waals surface area contributed by atoms with Crippen molar-refractivity contribution >= 4 is 58.4 Å². The van der Waals surface area contributed by atoms with Crippen molar-refractivity contribution < 1.29 is 0 Å². The second-order valence-electron chi connectivity index (χ2n) is 6.21. The van der Waals surface area contributed by atoms with E-state index in [1.165, 1.54) is 46.4 Å². The van der Waals surface area contributed by atoms with Crippen LogP contribution in [0.3, 0.4) is 0 Å². The summed E-state index contributed by atoms with van der Waals surface area (Å²) in [4.78, 5) is 7.43. The quantitative estimate of drug-likeness (QED) is 0.474. The monoisotopic (exact) mass is 489 g/mol. The molecule has 25 heavy (non-hydrogen) atoms. The normalized spacial score (nSPS) is 14.3. The SMILES string of the molecule is Cl.Cl.Ic1ccc(Cn2c(CN3CCCC3)nc3ccccc32)cc1. The first kappa shape index (κ1) is 20.5. The van der Waals surface area contributed by atoms with Gasteiger partial charge in [-0.05, 0) is 78.4 Å². The summed E-state index contributed by atoms with van der Waals surface area (Å²) >= 11 is 2.35. The number of rotatable bonds is 4. The number of benzene rings is 2. The molecule has 3 nitrogen and oxygen atoms in total. The average molecular weight is 490 g/mol. The number of likely N-dealkylation sites (tertiary alicyclic amines) is 1. The van der Waals surface area contributed by atoms with Crippen LogP contribution >= 0.6 is 47.4 Å². The Morgan fingerprint density at radius 2 is 1.56 bits per heavy atom. The minimum atomic E-state index is 0. The van der Waals surface area contributed by atoms with Crippen LogP contribution < -0.4 is 0 Å². The predicted molar refractivity (Wildman–Crippen MR) is 117 cm³/mol. The van der Waals surface area contributed by atoms with Gasteiger partial charge in [-0.1, -0.05) is 24.3 Å². The first-order chi connectivity index (χ1) is 11.3. The van der Waals surface area contributed by atoms with Gasteiger partial charge in [-0.3, -0.25) is 4.90 Å². The number of para-hydroxylation sites is 2. The third-order valence-corrected chi connectivity index (χ3v) is 5.27. The Kier molecular flexibility index (Phi) is 7.55. The lowest BCUT2D eigenvalue weighted by Gasteiger charge is -2.16. The standard InChI is InChI=1S/C19H20IN3.2ClH/c20-16-9-7-15(8-10-16)13-23-18-6-2-1-5-17(18)21-19(23)14-22-11-3-4-12-22;;/h1-2,5-10H,3-4,11-14H2;2*1H. The van der Waals surface area contributed by atoms with Crippen LogP contribution in [0.15, 0.2) is 48.5 Å². The fraction of sp³-hybridized carbons (Fsp3) is 0.316. The Morgan fingerprint density at radius 3 is 2.28 bits per heavy atom. The van der Waals surface area contributed by atoms with Crippen molar-refractivity contribution in [2.75, 3.05) is 13.1 Å². The first-order valence-corrected chi connectivity index (χ1v) is 9.28. The Hall–Kier alpha value is -0.820. The summed E-state index contributed by atoms with van der Waals surface area (Å²) in [6.45, 7) is 4.25. The van der Waals surface area contributed by atoms with Crippen molar-refractivity contribution in [2.24, 2.45) is 0 Å². The minimum absolute atomic E-state index is 0. The smallest absolute Gasteiger partial charge is 0.124 e. The summed E-state index contributed by atoms with van der Waals surface area (Å²) in [5, 5.41) is 0. The van der Waals surface area contributed by atoms with E-state index in [0.29, 0.717) is 0 Å². The molecule has 0 saturated carbocycles. The molecule has 1 aromatic heterocycles. The summed E-state index contributed by atoms with van der Waals surface area (Å²) < 4.78 is 3.66. The van der Waals surface area contributed by atoms with E-state index in [2.05, 4.69) is 80.6 Å². The maximum absolute atomic E-state index is 4.91. The van der Waals surface area contributed by atoms with E-state index >= 15 is 0 Å². The second kappa shape index (κ2) is 9.21. The van der Waals surface area contributed by atoms with E-state index in [4.69, 9.17) is 4.98 Å². The van der Waals surface area contributed by atoms with Gasteiger partial charge in [0.15, 0.2) is 0 Å². The molecule has 4 rings (SSSR count). The van der Waals surface area contributed by atoms with Crippen LogP contribution in [0.4, 0.5) is 0 Å². The van der Waals surface area contributed by atoms with Crippen LogP contribution in [0.25, 0.3) is 11.0 Å². The van der Waals surface area contributed by atoms with E-state index in [0.717, 1.165) is 18.6 Å². The molecule has 0 bridgehead atoms. The topological polar surface area (TPSA) is 21.1 Å². The molecular formula is C19H22Cl2IN3. The van der Waals surface area contributed by atoms with E-state index in [9.17, 15) is 0 Å². The van der Waals surface area contributed by atoms with Gasteiger partial charge in [0.25, 0.3) is 0 Å². The van der Waals surface area contributed by atoms with Crippen molar-refractivity contribution in [2.45, 2.75) is 25.9 Å². The Bertz CT molecular complexity index is 811. The fourth-order valence-electron chi connectivity index (χ4n) is 3.34. The number of nitrogens with zero attached hydrogens (tertiary/aromatic N) is 3. The summed E-state index contributed by atoms with van der Waals surface area (Å²) in [7, 11) is 0. The molecule has 0 aliphatic carbocycles. The van der Waals surface area contributed by atoms with Gasteiger partial charge >= 0.3 is 0 Å². The van der Waals surface area contributed by atoms with Gasteiger partial charge in [-0.25, -0.2) is 4.98 Å². The van der Waals surface area contributed by atoms with Crippen LogP contribution in [-0.4, -0.2) is 27.5 Å². The number of aromatic nitrogens is 2. The Morgan fingerprint density at radius 1 is 0.880 bits per heavy atom. The molecule has 6 heteroatoms. The molecule has 0 atom stereocenters. The molecule has 0 radical (unpaired) electrons. The summed E-state index contributed by atoms with van der Waals surface area (Å²) in [5.74, 6) is 1.19. The summed E-state index contributed by atoms with van der Waals surface area (Å²) in [6, 6.07) is 17.3. The maximum atomic E-state index is 4.91. The molecule has 0 spiro atoms. The lowest BCUT2D eigenvalue weighted by atomic mass is 10.2. The highest BCUT2D eigenvalue weighted by Gasteiger charge is 2.17. The molecule has 1 saturated heterocycles. The van der Waals surface area contributed by atoms with Gasteiger partial charge in [0.1, 0.15) is 5.82 Å². The Balaban J connectivity index is 0.00000113. The van der Waals surface area contributed by atoms with Crippen LogP contribution in [0.1, 0.15) is 24.2 Å². The van der Waals surface area contributed by atoms with Gasteiger partial charge in [0.05, 0.1) is 17.6 Å². The molecule has 2 aromatic carbocycles. The van der Waals surface area contributed by atoms with Crippen LogP contribution in [0.2, 0.25) is 0 Å². The molecule has 134 valence electrons. The number of halogens is 3. The van der Waals surface area contributed by atoms with Gasteiger partial charge in [-0.2, -0.15) is 0 Å². The lowest BCUT2D eigenvalue weighted by Crippen LogP contribution is -2.21. The van der Waals surface area contributed by atoms with Crippen LogP contribution in [-0.2, 0) is 13.1 Å². The fourth-order valence-corrected chi connectivity index (χ4v) is 3.70. The van der Waals surface area contributed by atoms with Crippen molar-refractivity contribution in [1.29, 1.82) is 0 Å². The van der Waals surface area contributed by atoms with Gasteiger partial charge < -0.3 is 4.57 Å². The van der Waals surface area contributed by atoms with E-state index in [-0.39, 0.29) is 24.8 Å². The van der Waals surface area contributed by atoms with E-state index in [1.807, 2.05) is 0 Å². The van der Waals surface area contributed by atoms with Crippen molar-refractivity contribution in [3.05, 3.63) is 63.5 Å². The molecular weight excluding hydrogens is 468 g/mol. The second-order valence-corrected chi connectivity index (χ2v) is 7.46. The Labute approximate surface area is 174 Å². The largest absolute Gasteiger partial charge is 0.322 e. The third kappa shape index (κ3) is 4.67. The summed E-state index contributed by atoms with van der Waals surface area (Å²) in [6.07, 6.45) is 2.63. The highest BCUT2D eigenvalue weighted by molar-refractivity contribution is 14.1. The van der Waals surface area contributed by atoms with E-state index < -0.39 is 0 Å². The van der Waals surface area contributed by atoms with Crippen molar-refractivity contribution in [3.63, 3.8) is 0 Å². The number of imidazole rings is 1. The zero-order valence-electron chi connectivity index (χ0n) is 13.9. The van der Waals surface area contributed by atoms with Gasteiger partial charge in [0, 0.05) is 10.1 Å². The highest BCUT2D eigenvalue weighted by atomic mass is 127.